The first kappa shape index (κ1) is 15.5. The number of nitriles is 1. The molecule has 4 rings (SSSR count). The molecule has 0 aliphatic carbocycles. The van der Waals surface area contributed by atoms with Crippen molar-refractivity contribution in [1.29, 1.82) is 5.26 Å². The highest BCUT2D eigenvalue weighted by atomic mass is 15.3. The number of benzene rings is 2. The molecule has 0 atom stereocenters. The second-order valence-corrected chi connectivity index (χ2v) is 6.42. The van der Waals surface area contributed by atoms with Crippen molar-refractivity contribution in [1.82, 2.24) is 4.98 Å². The molecule has 0 spiro atoms. The Morgan fingerprint density at radius 3 is 2.40 bits per heavy atom. The highest BCUT2D eigenvalue weighted by Crippen LogP contribution is 2.25. The lowest BCUT2D eigenvalue weighted by molar-refractivity contribution is 0.648. The van der Waals surface area contributed by atoms with Gasteiger partial charge in [0.2, 0.25) is 0 Å². The second-order valence-electron chi connectivity index (χ2n) is 6.42. The van der Waals surface area contributed by atoms with E-state index in [1.807, 2.05) is 30.3 Å². The van der Waals surface area contributed by atoms with E-state index < -0.39 is 0 Å². The van der Waals surface area contributed by atoms with Crippen molar-refractivity contribution >= 4 is 22.4 Å². The summed E-state index contributed by atoms with van der Waals surface area (Å²) in [5.74, 6) is 1.05. The fraction of sp³-hybridized carbons (Fsp3) is 0.238. The molecule has 1 fully saturated rings. The SMILES string of the molecule is Cc1cc(N2CCN(c3ccccc3C#N)CC2)nc2ccccc12. The molecule has 4 nitrogen and oxygen atoms in total. The minimum atomic E-state index is 0.746. The topological polar surface area (TPSA) is 43.2 Å². The number of rotatable bonds is 2. The molecular weight excluding hydrogens is 308 g/mol. The van der Waals surface area contributed by atoms with Crippen LogP contribution in [0.5, 0.6) is 0 Å². The highest BCUT2D eigenvalue weighted by Gasteiger charge is 2.20. The third-order valence-electron chi connectivity index (χ3n) is 4.88. The maximum atomic E-state index is 9.31. The Bertz CT molecular complexity index is 950. The molecule has 2 aromatic carbocycles. The van der Waals surface area contributed by atoms with Crippen molar-refractivity contribution in [3.63, 3.8) is 0 Å². The number of piperazine rings is 1. The lowest BCUT2D eigenvalue weighted by atomic mass is 10.1. The predicted octanol–water partition coefficient (Wildman–Crippen LogP) is 3.74. The van der Waals surface area contributed by atoms with Gasteiger partial charge in [-0.2, -0.15) is 5.26 Å². The zero-order valence-corrected chi connectivity index (χ0v) is 14.3. The minimum Gasteiger partial charge on any atom is -0.367 e. The van der Waals surface area contributed by atoms with Gasteiger partial charge in [-0.15, -0.1) is 0 Å². The maximum Gasteiger partial charge on any atom is 0.129 e. The van der Waals surface area contributed by atoms with Crippen molar-refractivity contribution in [2.75, 3.05) is 36.0 Å². The summed E-state index contributed by atoms with van der Waals surface area (Å²) in [4.78, 5) is 9.48. The molecule has 4 heteroatoms. The first-order chi connectivity index (χ1) is 12.3. The van der Waals surface area contributed by atoms with Crippen molar-refractivity contribution < 1.29 is 0 Å². The molecule has 25 heavy (non-hydrogen) atoms. The van der Waals surface area contributed by atoms with E-state index in [1.165, 1.54) is 10.9 Å². The van der Waals surface area contributed by atoms with Crippen LogP contribution in [0, 0.1) is 18.3 Å². The molecule has 0 saturated carbocycles. The normalized spacial score (nSPS) is 14.6. The Kier molecular flexibility index (Phi) is 3.99. The van der Waals surface area contributed by atoms with Gasteiger partial charge in [0.25, 0.3) is 0 Å². The lowest BCUT2D eigenvalue weighted by Crippen LogP contribution is -2.47. The molecule has 1 aliphatic heterocycles. The summed E-state index contributed by atoms with van der Waals surface area (Å²) in [7, 11) is 0. The van der Waals surface area contributed by atoms with Gasteiger partial charge in [-0.1, -0.05) is 30.3 Å². The second kappa shape index (κ2) is 6.45. The van der Waals surface area contributed by atoms with Crippen LogP contribution in [-0.2, 0) is 0 Å². The van der Waals surface area contributed by atoms with Gasteiger partial charge in [0.15, 0.2) is 0 Å². The fourth-order valence-electron chi connectivity index (χ4n) is 3.51. The van der Waals surface area contributed by atoms with Gasteiger partial charge in [-0.05, 0) is 36.8 Å². The Morgan fingerprint density at radius 1 is 0.920 bits per heavy atom. The monoisotopic (exact) mass is 328 g/mol. The average molecular weight is 328 g/mol. The predicted molar refractivity (Wildman–Crippen MR) is 102 cm³/mol. The van der Waals surface area contributed by atoms with E-state index in [0.717, 1.165) is 48.8 Å². The van der Waals surface area contributed by atoms with Crippen LogP contribution in [0.25, 0.3) is 10.9 Å². The van der Waals surface area contributed by atoms with Crippen LogP contribution in [0.1, 0.15) is 11.1 Å². The van der Waals surface area contributed by atoms with E-state index in [4.69, 9.17) is 4.98 Å². The van der Waals surface area contributed by atoms with Crippen molar-refractivity contribution in [3.8, 4) is 6.07 Å². The van der Waals surface area contributed by atoms with Gasteiger partial charge >= 0.3 is 0 Å². The standard InChI is InChI=1S/C21H20N4/c1-16-14-21(23-19-8-4-3-7-18(16)19)25-12-10-24(11-13-25)20-9-5-2-6-17(20)15-22/h2-9,14H,10-13H2,1H3. The van der Waals surface area contributed by atoms with Gasteiger partial charge in [-0.3, -0.25) is 0 Å². The summed E-state index contributed by atoms with van der Waals surface area (Å²) >= 11 is 0. The van der Waals surface area contributed by atoms with Crippen molar-refractivity contribution in [3.05, 3.63) is 65.7 Å². The van der Waals surface area contributed by atoms with E-state index >= 15 is 0 Å². The first-order valence-electron chi connectivity index (χ1n) is 8.61. The number of fused-ring (bicyclic) bond motifs is 1. The highest BCUT2D eigenvalue weighted by molar-refractivity contribution is 5.83. The molecule has 1 saturated heterocycles. The zero-order chi connectivity index (χ0) is 17.2. The summed E-state index contributed by atoms with van der Waals surface area (Å²) in [5.41, 5.74) is 4.09. The van der Waals surface area contributed by atoms with Crippen molar-refractivity contribution in [2.24, 2.45) is 0 Å². The molecule has 0 bridgehead atoms. The number of hydrogen-bond acceptors (Lipinski definition) is 4. The molecule has 0 radical (unpaired) electrons. The molecule has 0 unspecified atom stereocenters. The fourth-order valence-corrected chi connectivity index (χ4v) is 3.51. The minimum absolute atomic E-state index is 0.746. The number of anilines is 2. The summed E-state index contributed by atoms with van der Waals surface area (Å²) in [5, 5.41) is 10.5. The molecule has 124 valence electrons. The molecule has 0 N–H and O–H groups in total. The number of aromatic nitrogens is 1. The van der Waals surface area contributed by atoms with Gasteiger partial charge in [0.1, 0.15) is 11.9 Å². The van der Waals surface area contributed by atoms with E-state index in [1.54, 1.807) is 0 Å². The van der Waals surface area contributed by atoms with Crippen LogP contribution in [0.2, 0.25) is 0 Å². The van der Waals surface area contributed by atoms with Crippen LogP contribution in [0.3, 0.4) is 0 Å². The van der Waals surface area contributed by atoms with Crippen LogP contribution >= 0.6 is 0 Å². The summed E-state index contributed by atoms with van der Waals surface area (Å²) < 4.78 is 0. The quantitative estimate of drug-likeness (QED) is 0.719. The van der Waals surface area contributed by atoms with Crippen LogP contribution in [0.4, 0.5) is 11.5 Å². The van der Waals surface area contributed by atoms with Crippen LogP contribution < -0.4 is 9.80 Å². The third kappa shape index (κ3) is 2.89. The maximum absolute atomic E-state index is 9.31. The molecule has 1 aliphatic rings. The summed E-state index contributed by atoms with van der Waals surface area (Å²) in [6.45, 7) is 5.75. The summed E-state index contributed by atoms with van der Waals surface area (Å²) in [6, 6.07) is 20.6. The largest absolute Gasteiger partial charge is 0.367 e. The number of para-hydroxylation sites is 2. The third-order valence-corrected chi connectivity index (χ3v) is 4.88. The number of pyridine rings is 1. The zero-order valence-electron chi connectivity index (χ0n) is 14.3. The van der Waals surface area contributed by atoms with Gasteiger partial charge in [-0.25, -0.2) is 4.98 Å². The summed E-state index contributed by atoms with van der Waals surface area (Å²) in [6.07, 6.45) is 0. The average Bonchev–Trinajstić information content (AvgIpc) is 2.68. The Balaban J connectivity index is 1.55. The van der Waals surface area contributed by atoms with E-state index in [-0.39, 0.29) is 0 Å². The number of nitrogens with zero attached hydrogens (tertiary/aromatic N) is 4. The van der Waals surface area contributed by atoms with Crippen molar-refractivity contribution in [2.45, 2.75) is 6.92 Å². The van der Waals surface area contributed by atoms with E-state index in [9.17, 15) is 5.26 Å². The van der Waals surface area contributed by atoms with E-state index in [2.05, 4.69) is 47.1 Å². The van der Waals surface area contributed by atoms with E-state index in [0.29, 0.717) is 0 Å². The molecule has 0 amide bonds. The molecule has 2 heterocycles. The van der Waals surface area contributed by atoms with Crippen LogP contribution in [0.15, 0.2) is 54.6 Å². The Hall–Kier alpha value is -3.06. The molecule has 1 aromatic heterocycles. The Labute approximate surface area is 147 Å². The smallest absolute Gasteiger partial charge is 0.129 e. The lowest BCUT2D eigenvalue weighted by Gasteiger charge is -2.37. The van der Waals surface area contributed by atoms with Gasteiger partial charge < -0.3 is 9.80 Å². The molecular formula is C21H20N4. The van der Waals surface area contributed by atoms with Gasteiger partial charge in [0, 0.05) is 31.6 Å². The number of aryl methyl sites for hydroxylation is 1. The molecule has 3 aromatic rings. The van der Waals surface area contributed by atoms with Crippen LogP contribution in [-0.4, -0.2) is 31.2 Å². The first-order valence-corrected chi connectivity index (χ1v) is 8.61. The Morgan fingerprint density at radius 2 is 1.60 bits per heavy atom. The van der Waals surface area contributed by atoms with Gasteiger partial charge in [0.05, 0.1) is 16.8 Å². The number of hydrogen-bond donors (Lipinski definition) is 0.